The van der Waals surface area contributed by atoms with E-state index < -0.39 is 10.0 Å². The van der Waals surface area contributed by atoms with Crippen molar-refractivity contribution >= 4 is 44.3 Å². The van der Waals surface area contributed by atoms with E-state index in [1.807, 2.05) is 24.3 Å². The molecule has 0 atom stereocenters. The van der Waals surface area contributed by atoms with Gasteiger partial charge in [-0.15, -0.1) is 11.3 Å². The van der Waals surface area contributed by atoms with Crippen LogP contribution < -0.4 is 19.3 Å². The van der Waals surface area contributed by atoms with Gasteiger partial charge in [0.05, 0.1) is 5.69 Å². The van der Waals surface area contributed by atoms with Crippen LogP contribution in [0.5, 0.6) is 5.75 Å². The van der Waals surface area contributed by atoms with Gasteiger partial charge in [-0.1, -0.05) is 18.9 Å². The van der Waals surface area contributed by atoms with Crippen LogP contribution in [0.15, 0.2) is 70.3 Å². The summed E-state index contributed by atoms with van der Waals surface area (Å²) < 4.78 is 32.4. The maximum Gasteiger partial charge on any atom is 0.273 e. The Bertz CT molecular complexity index is 1170. The zero-order chi connectivity index (χ0) is 24.0. The molecule has 1 fully saturated rings. The summed E-state index contributed by atoms with van der Waals surface area (Å²) >= 11 is 1.18. The molecule has 0 aliphatic carbocycles. The lowest BCUT2D eigenvalue weighted by Crippen LogP contribution is -2.25. The van der Waals surface area contributed by atoms with Gasteiger partial charge in [-0.3, -0.25) is 9.10 Å². The number of hydrogen-bond donors (Lipinski definition) is 1. The quantitative estimate of drug-likeness (QED) is 0.473. The van der Waals surface area contributed by atoms with E-state index in [-0.39, 0.29) is 16.7 Å². The largest absolute Gasteiger partial charge is 0.484 e. The second-order valence-corrected chi connectivity index (χ2v) is 11.3. The highest BCUT2D eigenvalue weighted by Crippen LogP contribution is 2.27. The first-order valence-electron chi connectivity index (χ1n) is 11.3. The average molecular weight is 500 g/mol. The van der Waals surface area contributed by atoms with Crippen LogP contribution in [0.4, 0.5) is 17.1 Å². The van der Waals surface area contributed by atoms with Crippen molar-refractivity contribution in [3.05, 3.63) is 66.0 Å². The van der Waals surface area contributed by atoms with E-state index >= 15 is 0 Å². The second-order valence-electron chi connectivity index (χ2n) is 8.18. The molecular formula is C25H29N3O4S2. The number of carbonyl (C=O) groups is 1. The van der Waals surface area contributed by atoms with Gasteiger partial charge in [0.2, 0.25) is 0 Å². The van der Waals surface area contributed by atoms with Crippen molar-refractivity contribution in [1.29, 1.82) is 0 Å². The molecule has 0 radical (unpaired) electrons. The minimum Gasteiger partial charge on any atom is -0.484 e. The summed E-state index contributed by atoms with van der Waals surface area (Å²) in [5.74, 6) is 0.223. The minimum absolute atomic E-state index is 0.142. The van der Waals surface area contributed by atoms with Crippen molar-refractivity contribution in [1.82, 2.24) is 0 Å². The van der Waals surface area contributed by atoms with Gasteiger partial charge >= 0.3 is 0 Å². The van der Waals surface area contributed by atoms with Crippen LogP contribution in [0, 0.1) is 0 Å². The fraction of sp³-hybridized carbons (Fsp3) is 0.320. The van der Waals surface area contributed by atoms with Crippen LogP contribution in [0.2, 0.25) is 0 Å². The van der Waals surface area contributed by atoms with Crippen LogP contribution >= 0.6 is 11.3 Å². The molecule has 1 aromatic heterocycles. The van der Waals surface area contributed by atoms with Crippen molar-refractivity contribution in [3.63, 3.8) is 0 Å². The number of nitrogens with zero attached hydrogens (tertiary/aromatic N) is 2. The van der Waals surface area contributed by atoms with Gasteiger partial charge in [0.1, 0.15) is 9.96 Å². The number of anilines is 3. The van der Waals surface area contributed by atoms with E-state index in [4.69, 9.17) is 4.74 Å². The number of sulfonamides is 1. The molecule has 34 heavy (non-hydrogen) atoms. The van der Waals surface area contributed by atoms with E-state index in [1.165, 1.54) is 54.1 Å². The van der Waals surface area contributed by atoms with E-state index in [0.29, 0.717) is 11.4 Å². The van der Waals surface area contributed by atoms with Gasteiger partial charge in [0.15, 0.2) is 6.61 Å². The fourth-order valence-corrected chi connectivity index (χ4v) is 6.22. The van der Waals surface area contributed by atoms with Crippen LogP contribution in [0.25, 0.3) is 0 Å². The molecule has 0 spiro atoms. The van der Waals surface area contributed by atoms with Crippen LogP contribution in [0.3, 0.4) is 0 Å². The Labute approximate surface area is 205 Å². The number of hydrogen-bond acceptors (Lipinski definition) is 6. The second kappa shape index (κ2) is 10.9. The summed E-state index contributed by atoms with van der Waals surface area (Å²) in [6.07, 6.45) is 5.02. The molecule has 180 valence electrons. The summed E-state index contributed by atoms with van der Waals surface area (Å²) in [7, 11) is -2.08. The molecule has 0 bridgehead atoms. The van der Waals surface area contributed by atoms with Gasteiger partial charge in [0, 0.05) is 31.5 Å². The van der Waals surface area contributed by atoms with E-state index in [0.717, 1.165) is 18.8 Å². The maximum absolute atomic E-state index is 12.6. The molecular weight excluding hydrogens is 470 g/mol. The first kappa shape index (κ1) is 24.1. The molecule has 1 amide bonds. The molecule has 1 N–H and O–H groups in total. The zero-order valence-corrected chi connectivity index (χ0v) is 20.8. The van der Waals surface area contributed by atoms with E-state index in [2.05, 4.69) is 10.2 Å². The number of amides is 1. The number of ether oxygens (including phenoxy) is 1. The van der Waals surface area contributed by atoms with Gasteiger partial charge in [0.25, 0.3) is 15.9 Å². The van der Waals surface area contributed by atoms with Gasteiger partial charge in [-0.2, -0.15) is 0 Å². The highest BCUT2D eigenvalue weighted by atomic mass is 32.2. The first-order valence-corrected chi connectivity index (χ1v) is 13.7. The summed E-state index contributed by atoms with van der Waals surface area (Å²) in [5.41, 5.74) is 2.42. The Kier molecular flexibility index (Phi) is 7.74. The van der Waals surface area contributed by atoms with Crippen molar-refractivity contribution < 1.29 is 17.9 Å². The van der Waals surface area contributed by atoms with Gasteiger partial charge < -0.3 is 15.0 Å². The molecule has 7 nitrogen and oxygen atoms in total. The molecule has 1 aliphatic rings. The van der Waals surface area contributed by atoms with Gasteiger partial charge in [-0.25, -0.2) is 8.42 Å². The number of nitrogens with one attached hydrogen (secondary N) is 1. The monoisotopic (exact) mass is 499 g/mol. The highest BCUT2D eigenvalue weighted by molar-refractivity contribution is 7.94. The molecule has 0 unspecified atom stereocenters. The number of rotatable bonds is 8. The van der Waals surface area contributed by atoms with Crippen molar-refractivity contribution in [2.75, 3.05) is 41.3 Å². The predicted octanol–water partition coefficient (Wildman–Crippen LogP) is 4.97. The number of benzene rings is 2. The molecule has 9 heteroatoms. The Balaban J connectivity index is 1.28. The summed E-state index contributed by atoms with van der Waals surface area (Å²) in [5, 5.41) is 4.58. The van der Waals surface area contributed by atoms with Crippen LogP contribution in [0.1, 0.15) is 25.7 Å². The molecule has 4 rings (SSSR count). The standard InChI is InChI=1S/C25H29N3O4S2/c1-27(34(30,31)25-7-6-18-33-25)21-12-14-23(15-13-21)32-19-24(29)26-20-8-10-22(11-9-20)28-16-4-2-3-5-17-28/h6-15,18H,2-5,16-17,19H2,1H3,(H,26,29). The van der Waals surface area contributed by atoms with Gasteiger partial charge in [-0.05, 0) is 72.8 Å². The molecule has 2 heterocycles. The normalized spacial score (nSPS) is 14.3. The lowest BCUT2D eigenvalue weighted by molar-refractivity contribution is -0.118. The van der Waals surface area contributed by atoms with Crippen molar-refractivity contribution in [2.24, 2.45) is 0 Å². The third-order valence-corrected chi connectivity index (χ3v) is 8.96. The third-order valence-electron chi connectivity index (χ3n) is 5.80. The SMILES string of the molecule is CN(c1ccc(OCC(=O)Nc2ccc(N3CCCCCC3)cc2)cc1)S(=O)(=O)c1cccs1. The van der Waals surface area contributed by atoms with E-state index in [9.17, 15) is 13.2 Å². The van der Waals surface area contributed by atoms with Crippen molar-refractivity contribution in [2.45, 2.75) is 29.9 Å². The number of thiophene rings is 1. The lowest BCUT2D eigenvalue weighted by atomic mass is 10.2. The highest BCUT2D eigenvalue weighted by Gasteiger charge is 2.22. The lowest BCUT2D eigenvalue weighted by Gasteiger charge is -2.22. The minimum atomic E-state index is -3.59. The Hall–Kier alpha value is -3.04. The molecule has 3 aromatic rings. The zero-order valence-electron chi connectivity index (χ0n) is 19.1. The molecule has 1 aliphatic heterocycles. The summed E-state index contributed by atoms with van der Waals surface area (Å²) in [6.45, 7) is 2.01. The fourth-order valence-electron chi connectivity index (χ4n) is 3.87. The molecule has 1 saturated heterocycles. The topological polar surface area (TPSA) is 79.0 Å². The Morgan fingerprint density at radius 1 is 1.00 bits per heavy atom. The summed E-state index contributed by atoms with van der Waals surface area (Å²) in [4.78, 5) is 14.7. The Morgan fingerprint density at radius 3 is 2.29 bits per heavy atom. The third kappa shape index (κ3) is 5.90. The first-order chi connectivity index (χ1) is 16.4. The number of carbonyl (C=O) groups excluding carboxylic acids is 1. The van der Waals surface area contributed by atoms with Crippen LogP contribution in [-0.2, 0) is 14.8 Å². The average Bonchev–Trinajstić information content (AvgIpc) is 3.27. The van der Waals surface area contributed by atoms with E-state index in [1.54, 1.807) is 41.8 Å². The molecule has 0 saturated carbocycles. The predicted molar refractivity (Wildman–Crippen MR) is 138 cm³/mol. The maximum atomic E-state index is 12.6. The van der Waals surface area contributed by atoms with Crippen LogP contribution in [-0.4, -0.2) is 41.1 Å². The smallest absolute Gasteiger partial charge is 0.273 e. The van der Waals surface area contributed by atoms with Crippen molar-refractivity contribution in [3.8, 4) is 5.75 Å². The molecule has 2 aromatic carbocycles. The summed E-state index contributed by atoms with van der Waals surface area (Å²) in [6, 6.07) is 17.8. The Morgan fingerprint density at radius 2 is 1.68 bits per heavy atom.